The third-order valence-corrected chi connectivity index (χ3v) is 3.08. The molecule has 100 valence electrons. The molecule has 0 saturated carbocycles. The monoisotopic (exact) mass is 287 g/mol. The molecule has 1 aromatic carbocycles. The lowest BCUT2D eigenvalue weighted by Gasteiger charge is -2.08. The Hall–Kier alpha value is -2.31. The normalized spacial score (nSPS) is 12.3. The van der Waals surface area contributed by atoms with Gasteiger partial charge in [0.05, 0.1) is 6.20 Å². The molecule has 7 heteroatoms. The van der Waals surface area contributed by atoms with Gasteiger partial charge in [0.25, 0.3) is 0 Å². The second kappa shape index (κ2) is 5.36. The summed E-state index contributed by atoms with van der Waals surface area (Å²) in [4.78, 5) is 12.3. The lowest BCUT2D eigenvalue weighted by atomic mass is 10.1. The van der Waals surface area contributed by atoms with E-state index in [-0.39, 0.29) is 5.89 Å². The predicted molar refractivity (Wildman–Crippen MR) is 72.8 cm³/mol. The highest BCUT2D eigenvalue weighted by Crippen LogP contribution is 2.26. The first-order valence-electron chi connectivity index (χ1n) is 5.85. The minimum absolute atomic E-state index is 0.277. The summed E-state index contributed by atoms with van der Waals surface area (Å²) in [6.45, 7) is 0. The van der Waals surface area contributed by atoms with Gasteiger partial charge >= 0.3 is 0 Å². The molecule has 0 saturated heterocycles. The van der Waals surface area contributed by atoms with Crippen molar-refractivity contribution < 1.29 is 4.52 Å². The van der Waals surface area contributed by atoms with Crippen LogP contribution in [0, 0.1) is 0 Å². The molecule has 2 N–H and O–H groups in total. The number of nitrogens with zero attached hydrogens (tertiary/aromatic N) is 4. The summed E-state index contributed by atoms with van der Waals surface area (Å²) in [7, 11) is 0. The van der Waals surface area contributed by atoms with Gasteiger partial charge in [0.1, 0.15) is 11.7 Å². The van der Waals surface area contributed by atoms with Gasteiger partial charge in [0.2, 0.25) is 11.7 Å². The van der Waals surface area contributed by atoms with E-state index >= 15 is 0 Å². The van der Waals surface area contributed by atoms with Crippen molar-refractivity contribution in [3.05, 3.63) is 59.3 Å². The first-order chi connectivity index (χ1) is 9.75. The van der Waals surface area contributed by atoms with Crippen LogP contribution in [0.25, 0.3) is 11.5 Å². The van der Waals surface area contributed by atoms with Gasteiger partial charge in [-0.3, -0.25) is 4.98 Å². The Morgan fingerprint density at radius 3 is 2.80 bits per heavy atom. The van der Waals surface area contributed by atoms with E-state index < -0.39 is 6.04 Å². The van der Waals surface area contributed by atoms with Crippen LogP contribution in [0.15, 0.2) is 47.4 Å². The Morgan fingerprint density at radius 1 is 1.20 bits per heavy atom. The summed E-state index contributed by atoms with van der Waals surface area (Å²) < 4.78 is 5.18. The molecule has 1 atom stereocenters. The number of benzene rings is 1. The number of halogens is 1. The average Bonchev–Trinajstić information content (AvgIpc) is 2.98. The lowest BCUT2D eigenvalue weighted by molar-refractivity contribution is 0.367. The van der Waals surface area contributed by atoms with Gasteiger partial charge in [-0.15, -0.1) is 0 Å². The van der Waals surface area contributed by atoms with Crippen LogP contribution >= 0.6 is 11.6 Å². The topological polar surface area (TPSA) is 90.7 Å². The number of hydrogen-bond donors (Lipinski definition) is 1. The van der Waals surface area contributed by atoms with Crippen molar-refractivity contribution in [2.24, 2.45) is 5.73 Å². The third-order valence-electron chi connectivity index (χ3n) is 2.74. The van der Waals surface area contributed by atoms with Crippen LogP contribution in [-0.2, 0) is 0 Å². The van der Waals surface area contributed by atoms with Crippen LogP contribution in [-0.4, -0.2) is 20.1 Å². The number of aromatic nitrogens is 4. The minimum atomic E-state index is -0.582. The summed E-state index contributed by atoms with van der Waals surface area (Å²) in [5.41, 5.74) is 7.34. The second-order valence-corrected chi connectivity index (χ2v) is 4.45. The molecule has 6 nitrogen and oxygen atoms in total. The molecule has 0 bridgehead atoms. The van der Waals surface area contributed by atoms with Crippen LogP contribution in [0.1, 0.15) is 17.5 Å². The average molecular weight is 288 g/mol. The van der Waals surface area contributed by atoms with Gasteiger partial charge in [-0.2, -0.15) is 4.98 Å². The van der Waals surface area contributed by atoms with Gasteiger partial charge in [-0.25, -0.2) is 4.98 Å². The van der Waals surface area contributed by atoms with Gasteiger partial charge < -0.3 is 10.3 Å². The molecule has 0 aliphatic carbocycles. The van der Waals surface area contributed by atoms with Crippen LogP contribution in [0.2, 0.25) is 5.02 Å². The van der Waals surface area contributed by atoms with Crippen molar-refractivity contribution in [3.63, 3.8) is 0 Å². The van der Waals surface area contributed by atoms with Crippen molar-refractivity contribution >= 4 is 11.6 Å². The molecule has 2 aromatic heterocycles. The number of hydrogen-bond acceptors (Lipinski definition) is 6. The Labute approximate surface area is 119 Å². The standard InChI is InChI=1S/C13H10ClN5O/c14-9-4-2-1-3-8(9)11(15)13-18-12(19-20-13)10-7-16-5-6-17-10/h1-7,11H,15H2/t11-/m1/s1. The first-order valence-corrected chi connectivity index (χ1v) is 6.23. The van der Waals surface area contributed by atoms with Crippen molar-refractivity contribution in [1.29, 1.82) is 0 Å². The minimum Gasteiger partial charge on any atom is -0.337 e. The molecular weight excluding hydrogens is 278 g/mol. The molecule has 2 heterocycles. The molecule has 0 spiro atoms. The van der Waals surface area contributed by atoms with Crippen LogP contribution in [0.3, 0.4) is 0 Å². The fourth-order valence-corrected chi connectivity index (χ4v) is 1.99. The maximum atomic E-state index is 6.10. The van der Waals surface area contributed by atoms with E-state index in [1.165, 1.54) is 0 Å². The highest BCUT2D eigenvalue weighted by atomic mass is 35.5. The van der Waals surface area contributed by atoms with Crippen molar-refractivity contribution in [1.82, 2.24) is 20.1 Å². The van der Waals surface area contributed by atoms with Crippen molar-refractivity contribution in [3.8, 4) is 11.5 Å². The zero-order chi connectivity index (χ0) is 13.9. The SMILES string of the molecule is N[C@@H](c1nc(-c2cnccn2)no1)c1ccccc1Cl. The zero-order valence-corrected chi connectivity index (χ0v) is 11.0. The van der Waals surface area contributed by atoms with E-state index in [2.05, 4.69) is 20.1 Å². The molecule has 3 aromatic rings. The molecule has 0 radical (unpaired) electrons. The Bertz CT molecular complexity index is 716. The molecule has 3 rings (SSSR count). The smallest absolute Gasteiger partial charge is 0.248 e. The van der Waals surface area contributed by atoms with Crippen molar-refractivity contribution in [2.45, 2.75) is 6.04 Å². The molecule has 20 heavy (non-hydrogen) atoms. The van der Waals surface area contributed by atoms with Crippen LogP contribution in [0.5, 0.6) is 0 Å². The Kier molecular flexibility index (Phi) is 3.41. The quantitative estimate of drug-likeness (QED) is 0.794. The molecule has 0 fully saturated rings. The largest absolute Gasteiger partial charge is 0.337 e. The van der Waals surface area contributed by atoms with Gasteiger partial charge in [0.15, 0.2) is 0 Å². The summed E-state index contributed by atoms with van der Waals surface area (Å²) >= 11 is 6.10. The van der Waals surface area contributed by atoms with E-state index in [0.29, 0.717) is 16.5 Å². The molecule has 0 unspecified atom stereocenters. The molecule has 0 amide bonds. The summed E-state index contributed by atoms with van der Waals surface area (Å²) in [6.07, 6.45) is 4.68. The Morgan fingerprint density at radius 2 is 2.05 bits per heavy atom. The van der Waals surface area contributed by atoms with E-state index in [9.17, 15) is 0 Å². The third kappa shape index (κ3) is 2.38. The summed E-state index contributed by atoms with van der Waals surface area (Å²) in [6, 6.07) is 6.68. The fraction of sp³-hybridized carbons (Fsp3) is 0.0769. The maximum absolute atomic E-state index is 6.10. The second-order valence-electron chi connectivity index (χ2n) is 4.05. The van der Waals surface area contributed by atoms with E-state index in [0.717, 1.165) is 5.56 Å². The number of rotatable bonds is 3. The van der Waals surface area contributed by atoms with Gasteiger partial charge in [0, 0.05) is 17.4 Å². The van der Waals surface area contributed by atoms with Crippen LogP contribution < -0.4 is 5.73 Å². The fourth-order valence-electron chi connectivity index (χ4n) is 1.74. The highest BCUT2D eigenvalue weighted by molar-refractivity contribution is 6.31. The van der Waals surface area contributed by atoms with E-state index in [4.69, 9.17) is 21.9 Å². The predicted octanol–water partition coefficient (Wildman–Crippen LogP) is 2.23. The molecule has 0 aliphatic heterocycles. The van der Waals surface area contributed by atoms with Crippen LogP contribution in [0.4, 0.5) is 0 Å². The van der Waals surface area contributed by atoms with Crippen molar-refractivity contribution in [2.75, 3.05) is 0 Å². The number of nitrogens with two attached hydrogens (primary N) is 1. The Balaban J connectivity index is 1.93. The summed E-state index contributed by atoms with van der Waals surface area (Å²) in [5, 5.41) is 4.41. The molecular formula is C13H10ClN5O. The van der Waals surface area contributed by atoms with E-state index in [1.807, 2.05) is 18.2 Å². The highest BCUT2D eigenvalue weighted by Gasteiger charge is 2.19. The van der Waals surface area contributed by atoms with Gasteiger partial charge in [-0.05, 0) is 11.6 Å². The summed E-state index contributed by atoms with van der Waals surface area (Å²) in [5.74, 6) is 0.620. The zero-order valence-electron chi connectivity index (χ0n) is 10.3. The first kappa shape index (κ1) is 12.7. The van der Waals surface area contributed by atoms with E-state index in [1.54, 1.807) is 24.7 Å². The molecule has 0 aliphatic rings. The maximum Gasteiger partial charge on any atom is 0.248 e. The lowest BCUT2D eigenvalue weighted by Crippen LogP contribution is -2.12. The van der Waals surface area contributed by atoms with Gasteiger partial charge in [-0.1, -0.05) is 35.0 Å².